The van der Waals surface area contributed by atoms with Crippen LogP contribution in [0.1, 0.15) is 51.3 Å². The molecule has 0 saturated heterocycles. The van der Waals surface area contributed by atoms with Crippen LogP contribution in [0.2, 0.25) is 0 Å². The van der Waals surface area contributed by atoms with Crippen LogP contribution >= 0.6 is 11.8 Å². The number of nitrogens with one attached hydrogen (secondary N) is 1. The van der Waals surface area contributed by atoms with Crippen molar-refractivity contribution in [3.05, 3.63) is 71.3 Å². The van der Waals surface area contributed by atoms with Crippen molar-refractivity contribution in [3.63, 3.8) is 0 Å². The van der Waals surface area contributed by atoms with E-state index in [2.05, 4.69) is 67.7 Å². The minimum atomic E-state index is -0.157. The van der Waals surface area contributed by atoms with Gasteiger partial charge in [0.2, 0.25) is 0 Å². The van der Waals surface area contributed by atoms with Gasteiger partial charge in [0.15, 0.2) is 0 Å². The van der Waals surface area contributed by atoms with Gasteiger partial charge in [0.25, 0.3) is 5.91 Å². The van der Waals surface area contributed by atoms with Crippen molar-refractivity contribution in [1.82, 2.24) is 5.43 Å². The van der Waals surface area contributed by atoms with Crippen molar-refractivity contribution in [2.45, 2.75) is 51.0 Å². The fourth-order valence-corrected chi connectivity index (χ4v) is 3.22. The highest BCUT2D eigenvalue weighted by Crippen LogP contribution is 2.22. The Kier molecular flexibility index (Phi) is 7.04. The molecule has 0 spiro atoms. The lowest BCUT2D eigenvalue weighted by Gasteiger charge is -2.19. The zero-order valence-electron chi connectivity index (χ0n) is 16.2. The normalized spacial score (nSPS) is 13.3. The number of carbonyl (C=O) groups excluding carboxylic acids is 1. The van der Waals surface area contributed by atoms with Gasteiger partial charge < -0.3 is 0 Å². The highest BCUT2D eigenvalue weighted by molar-refractivity contribution is 7.99. The van der Waals surface area contributed by atoms with Crippen molar-refractivity contribution >= 4 is 23.4 Å². The molecule has 138 valence electrons. The van der Waals surface area contributed by atoms with E-state index in [9.17, 15) is 4.79 Å². The molecule has 3 nitrogen and oxygen atoms in total. The minimum absolute atomic E-state index is 0.0726. The summed E-state index contributed by atoms with van der Waals surface area (Å²) in [6, 6.07) is 18.5. The van der Waals surface area contributed by atoms with E-state index >= 15 is 0 Å². The molecule has 0 aliphatic heterocycles. The third-order valence-corrected chi connectivity index (χ3v) is 5.43. The smallest absolute Gasteiger partial charge is 0.252 e. The van der Waals surface area contributed by atoms with Crippen LogP contribution in [0.15, 0.2) is 59.7 Å². The molecule has 2 rings (SSSR count). The van der Waals surface area contributed by atoms with Crippen LogP contribution in [0.4, 0.5) is 0 Å². The molecule has 1 N–H and O–H groups in total. The first kappa shape index (κ1) is 20.2. The Hall–Kier alpha value is -2.07. The maximum atomic E-state index is 12.2. The Morgan fingerprint density at radius 2 is 1.69 bits per heavy atom. The largest absolute Gasteiger partial charge is 0.272 e. The SMILES string of the molecule is C/C(=N/NC(=O)[C@H](C)SCc1ccccc1)c1ccc(C(C)(C)C)cc1. The second-order valence-corrected chi connectivity index (χ2v) is 8.77. The maximum Gasteiger partial charge on any atom is 0.252 e. The van der Waals surface area contributed by atoms with Crippen molar-refractivity contribution in [2.75, 3.05) is 0 Å². The Balaban J connectivity index is 1.89. The molecular formula is C22H28N2OS. The zero-order valence-corrected chi connectivity index (χ0v) is 17.1. The van der Waals surface area contributed by atoms with Gasteiger partial charge in [-0.3, -0.25) is 4.79 Å². The summed E-state index contributed by atoms with van der Waals surface area (Å²) >= 11 is 1.61. The number of hydrogen-bond acceptors (Lipinski definition) is 3. The van der Waals surface area contributed by atoms with Gasteiger partial charge in [0.05, 0.1) is 11.0 Å². The summed E-state index contributed by atoms with van der Waals surface area (Å²) in [5.74, 6) is 0.739. The molecule has 0 aliphatic carbocycles. The zero-order chi connectivity index (χ0) is 19.2. The second-order valence-electron chi connectivity index (χ2n) is 7.44. The number of hydrazone groups is 1. The molecule has 0 fully saturated rings. The van der Waals surface area contributed by atoms with E-state index in [0.29, 0.717) is 0 Å². The van der Waals surface area contributed by atoms with E-state index < -0.39 is 0 Å². The van der Waals surface area contributed by atoms with E-state index in [4.69, 9.17) is 0 Å². The van der Waals surface area contributed by atoms with Crippen molar-refractivity contribution in [1.29, 1.82) is 0 Å². The number of nitrogens with zero attached hydrogens (tertiary/aromatic N) is 1. The van der Waals surface area contributed by atoms with Crippen molar-refractivity contribution in [2.24, 2.45) is 5.10 Å². The molecule has 0 aliphatic rings. The Morgan fingerprint density at radius 3 is 2.27 bits per heavy atom. The monoisotopic (exact) mass is 368 g/mol. The van der Waals surface area contributed by atoms with E-state index in [1.165, 1.54) is 11.1 Å². The molecule has 1 atom stereocenters. The number of thioether (sulfide) groups is 1. The Morgan fingerprint density at radius 1 is 1.08 bits per heavy atom. The predicted octanol–water partition coefficient (Wildman–Crippen LogP) is 5.15. The van der Waals surface area contributed by atoms with Gasteiger partial charge in [-0.25, -0.2) is 5.43 Å². The number of hydrogen-bond donors (Lipinski definition) is 1. The molecule has 0 heterocycles. The van der Waals surface area contributed by atoms with E-state index in [-0.39, 0.29) is 16.6 Å². The Bertz CT molecular complexity index is 746. The third-order valence-electron chi connectivity index (χ3n) is 4.21. The highest BCUT2D eigenvalue weighted by atomic mass is 32.2. The van der Waals surface area contributed by atoms with Gasteiger partial charge in [-0.1, -0.05) is 75.4 Å². The quantitative estimate of drug-likeness (QED) is 0.566. The average molecular weight is 369 g/mol. The first-order valence-corrected chi connectivity index (χ1v) is 9.93. The summed E-state index contributed by atoms with van der Waals surface area (Å²) in [7, 11) is 0. The molecule has 1 amide bonds. The molecule has 26 heavy (non-hydrogen) atoms. The first-order chi connectivity index (χ1) is 12.3. The fraction of sp³-hybridized carbons (Fsp3) is 0.364. The molecule has 4 heteroatoms. The fourth-order valence-electron chi connectivity index (χ4n) is 2.38. The standard InChI is InChI=1S/C22H28N2OS/c1-16(19-11-13-20(14-12-19)22(3,4)5)23-24-21(25)17(2)26-15-18-9-7-6-8-10-18/h6-14,17H,15H2,1-5H3,(H,24,25)/b23-16-/t17-/m0/s1. The number of amides is 1. The lowest BCUT2D eigenvalue weighted by Crippen LogP contribution is -2.27. The van der Waals surface area contributed by atoms with Crippen LogP contribution in [-0.4, -0.2) is 16.9 Å². The molecule has 0 radical (unpaired) electrons. The van der Waals surface area contributed by atoms with Gasteiger partial charge in [0, 0.05) is 5.75 Å². The van der Waals surface area contributed by atoms with Crippen LogP contribution in [0.3, 0.4) is 0 Å². The topological polar surface area (TPSA) is 41.5 Å². The van der Waals surface area contributed by atoms with Crippen LogP contribution in [0, 0.1) is 0 Å². The van der Waals surface area contributed by atoms with Crippen LogP contribution < -0.4 is 5.43 Å². The molecule has 2 aromatic rings. The third kappa shape index (κ3) is 6.03. The summed E-state index contributed by atoms with van der Waals surface area (Å²) in [5.41, 5.74) is 7.14. The average Bonchev–Trinajstić information content (AvgIpc) is 2.64. The Labute approximate surface area is 161 Å². The molecule has 0 aromatic heterocycles. The summed E-state index contributed by atoms with van der Waals surface area (Å²) in [4.78, 5) is 12.2. The molecule has 0 saturated carbocycles. The van der Waals surface area contributed by atoms with Crippen LogP contribution in [0.5, 0.6) is 0 Å². The van der Waals surface area contributed by atoms with Crippen molar-refractivity contribution < 1.29 is 4.79 Å². The van der Waals surface area contributed by atoms with Crippen LogP contribution in [-0.2, 0) is 16.0 Å². The lowest BCUT2D eigenvalue weighted by molar-refractivity contribution is -0.120. The van der Waals surface area contributed by atoms with E-state index in [1.54, 1.807) is 11.8 Å². The van der Waals surface area contributed by atoms with Crippen LogP contribution in [0.25, 0.3) is 0 Å². The first-order valence-electron chi connectivity index (χ1n) is 8.88. The molecule has 2 aromatic carbocycles. The number of benzene rings is 2. The molecular weight excluding hydrogens is 340 g/mol. The van der Waals surface area contributed by atoms with Gasteiger partial charge >= 0.3 is 0 Å². The summed E-state index contributed by atoms with van der Waals surface area (Å²) < 4.78 is 0. The summed E-state index contributed by atoms with van der Waals surface area (Å²) in [6.45, 7) is 10.4. The predicted molar refractivity (Wildman–Crippen MR) is 113 cm³/mol. The maximum absolute atomic E-state index is 12.2. The molecule has 0 unspecified atom stereocenters. The van der Waals surface area contributed by atoms with Crippen molar-refractivity contribution in [3.8, 4) is 0 Å². The van der Waals surface area contributed by atoms with Gasteiger partial charge in [-0.2, -0.15) is 5.10 Å². The summed E-state index contributed by atoms with van der Waals surface area (Å²) in [5, 5.41) is 4.11. The molecule has 0 bridgehead atoms. The van der Waals surface area contributed by atoms with Gasteiger partial charge in [-0.15, -0.1) is 11.8 Å². The minimum Gasteiger partial charge on any atom is -0.272 e. The lowest BCUT2D eigenvalue weighted by atomic mass is 9.86. The highest BCUT2D eigenvalue weighted by Gasteiger charge is 2.14. The van der Waals surface area contributed by atoms with E-state index in [0.717, 1.165) is 17.0 Å². The second kappa shape index (κ2) is 9.04. The number of carbonyl (C=O) groups is 1. The van der Waals surface area contributed by atoms with Gasteiger partial charge in [0.1, 0.15) is 0 Å². The van der Waals surface area contributed by atoms with Gasteiger partial charge in [-0.05, 0) is 36.0 Å². The summed E-state index contributed by atoms with van der Waals surface area (Å²) in [6.07, 6.45) is 0. The number of rotatable bonds is 6. The van der Waals surface area contributed by atoms with E-state index in [1.807, 2.05) is 32.0 Å².